The summed E-state index contributed by atoms with van der Waals surface area (Å²) in [7, 11) is 1.87. The van der Waals surface area contributed by atoms with Crippen molar-refractivity contribution >= 4 is 27.5 Å². The summed E-state index contributed by atoms with van der Waals surface area (Å²) in [5.74, 6) is -0.196. The molecule has 0 aliphatic heterocycles. The standard InChI is InChI=1S/C16H16BrClFN/c1-10-3-4-12(7-14(10)18)16(20-2)8-11-5-6-13(17)9-15(11)19/h3-7,9,16,20H,8H2,1-2H3. The van der Waals surface area contributed by atoms with Crippen LogP contribution in [-0.2, 0) is 6.42 Å². The van der Waals surface area contributed by atoms with E-state index in [1.807, 2.05) is 38.2 Å². The lowest BCUT2D eigenvalue weighted by molar-refractivity contribution is 0.554. The summed E-state index contributed by atoms with van der Waals surface area (Å²) in [4.78, 5) is 0. The molecular weight excluding hydrogens is 341 g/mol. The van der Waals surface area contributed by atoms with Crippen molar-refractivity contribution in [2.24, 2.45) is 0 Å². The van der Waals surface area contributed by atoms with Crippen LogP contribution in [0.1, 0.15) is 22.7 Å². The molecule has 0 aliphatic carbocycles. The van der Waals surface area contributed by atoms with Gasteiger partial charge in [-0.2, -0.15) is 0 Å². The van der Waals surface area contributed by atoms with E-state index in [4.69, 9.17) is 11.6 Å². The van der Waals surface area contributed by atoms with Crippen molar-refractivity contribution in [1.29, 1.82) is 0 Å². The molecule has 4 heteroatoms. The second-order valence-electron chi connectivity index (χ2n) is 4.79. The lowest BCUT2D eigenvalue weighted by Gasteiger charge is -2.18. The highest BCUT2D eigenvalue weighted by molar-refractivity contribution is 9.10. The Balaban J connectivity index is 2.26. The van der Waals surface area contributed by atoms with Crippen LogP contribution in [0.5, 0.6) is 0 Å². The molecule has 0 aliphatic rings. The highest BCUT2D eigenvalue weighted by Gasteiger charge is 2.14. The SMILES string of the molecule is CNC(Cc1ccc(Br)cc1F)c1ccc(C)c(Cl)c1. The molecule has 0 spiro atoms. The first-order valence-electron chi connectivity index (χ1n) is 6.38. The van der Waals surface area contributed by atoms with Crippen molar-refractivity contribution in [2.75, 3.05) is 7.05 Å². The van der Waals surface area contributed by atoms with E-state index >= 15 is 0 Å². The predicted molar refractivity (Wildman–Crippen MR) is 85.8 cm³/mol. The maximum Gasteiger partial charge on any atom is 0.127 e. The van der Waals surface area contributed by atoms with E-state index in [1.54, 1.807) is 6.07 Å². The van der Waals surface area contributed by atoms with Crippen LogP contribution < -0.4 is 5.32 Å². The van der Waals surface area contributed by atoms with E-state index < -0.39 is 0 Å². The van der Waals surface area contributed by atoms with Crippen LogP contribution in [0.2, 0.25) is 5.02 Å². The quantitative estimate of drug-likeness (QED) is 0.808. The normalized spacial score (nSPS) is 12.4. The summed E-state index contributed by atoms with van der Waals surface area (Å²) < 4.78 is 14.7. The highest BCUT2D eigenvalue weighted by atomic mass is 79.9. The fourth-order valence-electron chi connectivity index (χ4n) is 2.12. The van der Waals surface area contributed by atoms with E-state index in [0.717, 1.165) is 20.6 Å². The lowest BCUT2D eigenvalue weighted by atomic mass is 9.98. The first-order valence-corrected chi connectivity index (χ1v) is 7.55. The van der Waals surface area contributed by atoms with Crippen molar-refractivity contribution < 1.29 is 4.39 Å². The third kappa shape index (κ3) is 3.60. The molecule has 0 aromatic heterocycles. The molecule has 0 radical (unpaired) electrons. The minimum Gasteiger partial charge on any atom is -0.313 e. The fourth-order valence-corrected chi connectivity index (χ4v) is 2.64. The first-order chi connectivity index (χ1) is 9.51. The Morgan fingerprint density at radius 3 is 2.60 bits per heavy atom. The van der Waals surface area contributed by atoms with Gasteiger partial charge in [0.25, 0.3) is 0 Å². The van der Waals surface area contributed by atoms with Gasteiger partial charge in [-0.1, -0.05) is 45.7 Å². The van der Waals surface area contributed by atoms with Gasteiger partial charge in [0.15, 0.2) is 0 Å². The largest absolute Gasteiger partial charge is 0.313 e. The number of aryl methyl sites for hydroxylation is 1. The molecule has 0 heterocycles. The zero-order chi connectivity index (χ0) is 14.7. The summed E-state index contributed by atoms with van der Waals surface area (Å²) >= 11 is 9.43. The summed E-state index contributed by atoms with van der Waals surface area (Å²) in [6.45, 7) is 1.97. The number of nitrogens with one attached hydrogen (secondary N) is 1. The molecule has 1 atom stereocenters. The molecule has 0 saturated carbocycles. The lowest BCUT2D eigenvalue weighted by Crippen LogP contribution is -2.19. The minimum atomic E-state index is -0.196. The van der Waals surface area contributed by atoms with Gasteiger partial charge in [-0.3, -0.25) is 0 Å². The van der Waals surface area contributed by atoms with Gasteiger partial charge in [-0.05, 0) is 55.3 Å². The van der Waals surface area contributed by atoms with Crippen LogP contribution in [0.15, 0.2) is 40.9 Å². The molecule has 0 fully saturated rings. The monoisotopic (exact) mass is 355 g/mol. The second-order valence-corrected chi connectivity index (χ2v) is 6.11. The zero-order valence-corrected chi connectivity index (χ0v) is 13.7. The van der Waals surface area contributed by atoms with Crippen LogP contribution in [0.25, 0.3) is 0 Å². The molecule has 2 aromatic rings. The molecule has 2 aromatic carbocycles. The van der Waals surface area contributed by atoms with E-state index in [2.05, 4.69) is 21.2 Å². The highest BCUT2D eigenvalue weighted by Crippen LogP contribution is 2.25. The molecule has 1 unspecified atom stereocenters. The van der Waals surface area contributed by atoms with Gasteiger partial charge in [-0.25, -0.2) is 4.39 Å². The van der Waals surface area contributed by atoms with Crippen LogP contribution in [0.3, 0.4) is 0 Å². The second kappa shape index (κ2) is 6.70. The Labute approximate surface area is 132 Å². The van der Waals surface area contributed by atoms with Gasteiger partial charge < -0.3 is 5.32 Å². The van der Waals surface area contributed by atoms with Gasteiger partial charge >= 0.3 is 0 Å². The summed E-state index contributed by atoms with van der Waals surface area (Å²) in [5, 5.41) is 3.95. The molecule has 106 valence electrons. The van der Waals surface area contributed by atoms with Gasteiger partial charge in [0, 0.05) is 15.5 Å². The van der Waals surface area contributed by atoms with E-state index in [9.17, 15) is 4.39 Å². The Kier molecular flexibility index (Phi) is 5.19. The van der Waals surface area contributed by atoms with E-state index in [-0.39, 0.29) is 11.9 Å². The number of halogens is 3. The van der Waals surface area contributed by atoms with Gasteiger partial charge in [0.2, 0.25) is 0 Å². The maximum atomic E-state index is 13.9. The molecule has 0 bridgehead atoms. The summed E-state index contributed by atoms with van der Waals surface area (Å²) in [5.41, 5.74) is 2.79. The molecule has 0 saturated heterocycles. The van der Waals surface area contributed by atoms with Crippen LogP contribution in [-0.4, -0.2) is 7.05 Å². The summed E-state index contributed by atoms with van der Waals surface area (Å²) in [6, 6.07) is 11.1. The maximum absolute atomic E-state index is 13.9. The van der Waals surface area contributed by atoms with Gasteiger partial charge in [-0.15, -0.1) is 0 Å². The predicted octanol–water partition coefficient (Wildman–Crippen LogP) is 5.05. The van der Waals surface area contributed by atoms with Crippen molar-refractivity contribution in [3.05, 3.63) is 68.4 Å². The Bertz CT molecular complexity index is 615. The van der Waals surface area contributed by atoms with E-state index in [0.29, 0.717) is 12.0 Å². The number of benzene rings is 2. The first kappa shape index (κ1) is 15.5. The van der Waals surface area contributed by atoms with Gasteiger partial charge in [0.05, 0.1) is 0 Å². The Morgan fingerprint density at radius 1 is 1.25 bits per heavy atom. The third-order valence-corrected chi connectivity index (χ3v) is 4.29. The summed E-state index contributed by atoms with van der Waals surface area (Å²) in [6.07, 6.45) is 0.578. The number of rotatable bonds is 4. The Morgan fingerprint density at radius 2 is 2.00 bits per heavy atom. The fraction of sp³-hybridized carbons (Fsp3) is 0.250. The zero-order valence-electron chi connectivity index (χ0n) is 11.4. The van der Waals surface area contributed by atoms with Crippen molar-refractivity contribution in [3.63, 3.8) is 0 Å². The van der Waals surface area contributed by atoms with Crippen molar-refractivity contribution in [2.45, 2.75) is 19.4 Å². The topological polar surface area (TPSA) is 12.0 Å². The third-order valence-electron chi connectivity index (χ3n) is 3.39. The van der Waals surface area contributed by atoms with Crippen molar-refractivity contribution in [3.8, 4) is 0 Å². The molecular formula is C16H16BrClFN. The smallest absolute Gasteiger partial charge is 0.127 e. The van der Waals surface area contributed by atoms with Crippen LogP contribution in [0, 0.1) is 12.7 Å². The average molecular weight is 357 g/mol. The average Bonchev–Trinajstić information content (AvgIpc) is 2.41. The number of hydrogen-bond donors (Lipinski definition) is 1. The molecule has 1 nitrogen and oxygen atoms in total. The van der Waals surface area contributed by atoms with Crippen LogP contribution in [0.4, 0.5) is 4.39 Å². The molecule has 1 N–H and O–H groups in total. The van der Waals surface area contributed by atoms with E-state index in [1.165, 1.54) is 6.07 Å². The van der Waals surface area contributed by atoms with Crippen LogP contribution >= 0.6 is 27.5 Å². The number of likely N-dealkylation sites (N-methyl/N-ethyl adjacent to an activating group) is 1. The molecule has 2 rings (SSSR count). The molecule has 0 amide bonds. The van der Waals surface area contributed by atoms with Gasteiger partial charge in [0.1, 0.15) is 5.82 Å². The van der Waals surface area contributed by atoms with Crippen molar-refractivity contribution in [1.82, 2.24) is 5.32 Å². The Hall–Kier alpha value is -0.900. The molecule has 20 heavy (non-hydrogen) atoms. The minimum absolute atomic E-state index is 0.0313. The number of hydrogen-bond acceptors (Lipinski definition) is 1.